The smallest absolute Gasteiger partial charge is 0.253 e. The third kappa shape index (κ3) is 3.64. The van der Waals surface area contributed by atoms with Gasteiger partial charge in [-0.2, -0.15) is 0 Å². The highest BCUT2D eigenvalue weighted by atomic mass is 32.2. The maximum absolute atomic E-state index is 13.1. The maximum atomic E-state index is 13.1. The highest BCUT2D eigenvalue weighted by molar-refractivity contribution is 8.13. The lowest BCUT2D eigenvalue weighted by atomic mass is 9.88. The number of benzene rings is 2. The van der Waals surface area contributed by atoms with E-state index in [2.05, 4.69) is 12.1 Å². The molecule has 2 atom stereocenters. The van der Waals surface area contributed by atoms with Gasteiger partial charge in [0.05, 0.1) is 0 Å². The van der Waals surface area contributed by atoms with Crippen LogP contribution in [0.1, 0.15) is 29.6 Å². The third-order valence-corrected chi connectivity index (χ3v) is 4.52. The van der Waals surface area contributed by atoms with Gasteiger partial charge >= 0.3 is 0 Å². The number of thioether (sulfide) groups is 1. The van der Waals surface area contributed by atoms with Crippen LogP contribution >= 0.6 is 11.8 Å². The van der Waals surface area contributed by atoms with Crippen molar-refractivity contribution in [3.63, 3.8) is 0 Å². The van der Waals surface area contributed by atoms with E-state index in [0.717, 1.165) is 29.3 Å². The van der Waals surface area contributed by atoms with Gasteiger partial charge in [-0.1, -0.05) is 54.2 Å². The van der Waals surface area contributed by atoms with Crippen LogP contribution in [0.3, 0.4) is 0 Å². The van der Waals surface area contributed by atoms with Gasteiger partial charge in [0, 0.05) is 5.92 Å². The molecule has 0 amide bonds. The van der Waals surface area contributed by atoms with Crippen LogP contribution in [0, 0.1) is 5.82 Å². The molecule has 1 heterocycles. The third-order valence-electron chi connectivity index (χ3n) is 3.95. The van der Waals surface area contributed by atoms with E-state index in [4.69, 9.17) is 4.74 Å². The lowest BCUT2D eigenvalue weighted by Gasteiger charge is -2.29. The lowest BCUT2D eigenvalue weighted by molar-refractivity contribution is -0.112. The average Bonchev–Trinajstić information content (AvgIpc) is 2.62. The summed E-state index contributed by atoms with van der Waals surface area (Å²) >= 11 is 1.14. The second-order valence-corrected chi connectivity index (χ2v) is 6.21. The van der Waals surface area contributed by atoms with E-state index < -0.39 is 0 Å². The number of carbonyl (C=O) groups is 1. The Hall–Kier alpha value is -2.07. The van der Waals surface area contributed by atoms with E-state index in [-0.39, 0.29) is 23.0 Å². The Bertz CT molecular complexity index is 710. The van der Waals surface area contributed by atoms with Crippen molar-refractivity contribution in [2.24, 2.45) is 0 Å². The molecular weight excluding hydrogens is 311 g/mol. The Kier molecular flexibility index (Phi) is 4.82. The van der Waals surface area contributed by atoms with Gasteiger partial charge in [-0.15, -0.1) is 0 Å². The Morgan fingerprint density at radius 3 is 2.43 bits per heavy atom. The first kappa shape index (κ1) is 15.8. The molecule has 0 fully saturated rings. The Morgan fingerprint density at radius 2 is 1.78 bits per heavy atom. The van der Waals surface area contributed by atoms with Crippen LogP contribution in [0.15, 0.2) is 66.4 Å². The van der Waals surface area contributed by atoms with Crippen LogP contribution in [-0.2, 0) is 9.53 Å². The zero-order valence-electron chi connectivity index (χ0n) is 12.7. The Balaban J connectivity index is 1.93. The second-order valence-electron chi connectivity index (χ2n) is 5.43. The summed E-state index contributed by atoms with van der Waals surface area (Å²) in [6.07, 6.45) is 4.11. The van der Waals surface area contributed by atoms with E-state index >= 15 is 0 Å². The number of carbonyl (C=O) groups excluding carboxylic acids is 1. The molecule has 0 aliphatic carbocycles. The molecule has 2 aromatic carbocycles. The van der Waals surface area contributed by atoms with Crippen LogP contribution < -0.4 is 0 Å². The molecule has 1 aliphatic heterocycles. The van der Waals surface area contributed by atoms with Gasteiger partial charge in [-0.05, 0) is 42.0 Å². The fourth-order valence-corrected chi connectivity index (χ4v) is 3.07. The SMILES string of the molecule is CSC(=O)C1=C[C@@H](c2ccccc2)C[C@@H](c2ccc(F)cc2)O1. The van der Waals surface area contributed by atoms with Crippen molar-refractivity contribution in [2.45, 2.75) is 18.4 Å². The topological polar surface area (TPSA) is 26.3 Å². The minimum absolute atomic E-state index is 0.0854. The van der Waals surface area contributed by atoms with Crippen molar-refractivity contribution in [3.05, 3.63) is 83.4 Å². The fourth-order valence-electron chi connectivity index (χ4n) is 2.75. The molecule has 2 nitrogen and oxygen atoms in total. The molecule has 0 radical (unpaired) electrons. The van der Waals surface area contributed by atoms with E-state index in [1.165, 1.54) is 12.1 Å². The average molecular weight is 328 g/mol. The highest BCUT2D eigenvalue weighted by Crippen LogP contribution is 2.39. The van der Waals surface area contributed by atoms with E-state index in [0.29, 0.717) is 5.76 Å². The standard InChI is InChI=1S/C19H17FO2S/c1-23-19(21)18-12-15(13-5-3-2-4-6-13)11-17(22-18)14-7-9-16(20)10-8-14/h2-10,12,15,17H,11H2,1H3/t15-,17-/m0/s1. The fraction of sp³-hybridized carbons (Fsp3) is 0.211. The molecule has 4 heteroatoms. The molecule has 0 N–H and O–H groups in total. The molecule has 0 bridgehead atoms. The van der Waals surface area contributed by atoms with Gasteiger partial charge < -0.3 is 4.74 Å². The van der Waals surface area contributed by atoms with Crippen molar-refractivity contribution in [2.75, 3.05) is 6.26 Å². The largest absolute Gasteiger partial charge is 0.481 e. The van der Waals surface area contributed by atoms with E-state index in [1.807, 2.05) is 24.3 Å². The maximum Gasteiger partial charge on any atom is 0.253 e. The zero-order valence-corrected chi connectivity index (χ0v) is 13.6. The van der Waals surface area contributed by atoms with Crippen LogP contribution in [0.2, 0.25) is 0 Å². The van der Waals surface area contributed by atoms with Crippen LogP contribution in [-0.4, -0.2) is 11.4 Å². The van der Waals surface area contributed by atoms with Crippen molar-refractivity contribution in [1.82, 2.24) is 0 Å². The summed E-state index contributed by atoms with van der Waals surface area (Å²) in [6, 6.07) is 16.3. The monoisotopic (exact) mass is 328 g/mol. The van der Waals surface area contributed by atoms with Gasteiger partial charge in [0.25, 0.3) is 5.12 Å². The molecule has 118 valence electrons. The quantitative estimate of drug-likeness (QED) is 0.806. The minimum atomic E-state index is -0.278. The first-order valence-corrected chi connectivity index (χ1v) is 8.67. The summed E-state index contributed by atoms with van der Waals surface area (Å²) in [7, 11) is 0. The van der Waals surface area contributed by atoms with E-state index in [9.17, 15) is 9.18 Å². The molecule has 0 saturated heterocycles. The van der Waals surface area contributed by atoms with Gasteiger partial charge in [0.15, 0.2) is 5.76 Å². The van der Waals surface area contributed by atoms with Gasteiger partial charge in [0.1, 0.15) is 11.9 Å². The summed E-state index contributed by atoms with van der Waals surface area (Å²) in [5, 5.41) is -0.0854. The van der Waals surface area contributed by atoms with Gasteiger partial charge in [-0.25, -0.2) is 4.39 Å². The summed E-state index contributed by atoms with van der Waals surface area (Å²) < 4.78 is 19.0. The predicted octanol–water partition coefficient (Wildman–Crippen LogP) is 4.84. The minimum Gasteiger partial charge on any atom is -0.481 e. The van der Waals surface area contributed by atoms with Crippen molar-refractivity contribution < 1.29 is 13.9 Å². The Morgan fingerprint density at radius 1 is 1.09 bits per heavy atom. The molecule has 0 unspecified atom stereocenters. The first-order chi connectivity index (χ1) is 11.2. The highest BCUT2D eigenvalue weighted by Gasteiger charge is 2.28. The van der Waals surface area contributed by atoms with Crippen molar-refractivity contribution in [1.29, 1.82) is 0 Å². The van der Waals surface area contributed by atoms with Crippen molar-refractivity contribution in [3.8, 4) is 0 Å². The number of hydrogen-bond acceptors (Lipinski definition) is 3. The molecule has 2 aromatic rings. The van der Waals surface area contributed by atoms with Crippen molar-refractivity contribution >= 4 is 16.9 Å². The molecule has 23 heavy (non-hydrogen) atoms. The second kappa shape index (κ2) is 7.01. The molecule has 1 aliphatic rings. The lowest BCUT2D eigenvalue weighted by Crippen LogP contribution is -2.18. The Labute approximate surface area is 139 Å². The summed E-state index contributed by atoms with van der Waals surface area (Å²) in [5.74, 6) is 0.207. The summed E-state index contributed by atoms with van der Waals surface area (Å²) in [5.41, 5.74) is 2.03. The molecule has 3 rings (SSSR count). The number of allylic oxidation sites excluding steroid dienone is 1. The van der Waals surface area contributed by atoms with Gasteiger partial charge in [-0.3, -0.25) is 4.79 Å². The predicted molar refractivity (Wildman–Crippen MR) is 90.6 cm³/mol. The number of rotatable bonds is 3. The van der Waals surface area contributed by atoms with Crippen LogP contribution in [0.4, 0.5) is 4.39 Å². The number of ether oxygens (including phenoxy) is 1. The molecule has 0 saturated carbocycles. The van der Waals surface area contributed by atoms with E-state index in [1.54, 1.807) is 18.4 Å². The first-order valence-electron chi connectivity index (χ1n) is 7.44. The normalized spacial score (nSPS) is 20.5. The van der Waals surface area contributed by atoms with Crippen LogP contribution in [0.5, 0.6) is 0 Å². The number of hydrogen-bond donors (Lipinski definition) is 0. The molecule has 0 spiro atoms. The summed E-state index contributed by atoms with van der Waals surface area (Å²) in [4.78, 5) is 12.1. The molecular formula is C19H17FO2S. The van der Waals surface area contributed by atoms with Gasteiger partial charge in [0.2, 0.25) is 0 Å². The van der Waals surface area contributed by atoms with Crippen LogP contribution in [0.25, 0.3) is 0 Å². The molecule has 0 aromatic heterocycles. The zero-order chi connectivity index (χ0) is 16.2. The summed E-state index contributed by atoms with van der Waals surface area (Å²) in [6.45, 7) is 0. The number of halogens is 1.